The van der Waals surface area contributed by atoms with Gasteiger partial charge in [-0.05, 0) is 30.3 Å². The molecule has 0 aliphatic rings. The van der Waals surface area contributed by atoms with Crippen LogP contribution in [-0.2, 0) is 0 Å². The van der Waals surface area contributed by atoms with Gasteiger partial charge in [0.15, 0.2) is 0 Å². The Morgan fingerprint density at radius 3 is 2.52 bits per heavy atom. The Morgan fingerprint density at radius 2 is 1.90 bits per heavy atom. The first kappa shape index (κ1) is 15.1. The van der Waals surface area contributed by atoms with Crippen LogP contribution in [0.1, 0.15) is 10.4 Å². The molecule has 0 atom stereocenters. The molecule has 0 spiro atoms. The number of nitro benzene ring substituents is 1. The second-order valence-corrected chi connectivity index (χ2v) is 4.71. The first-order chi connectivity index (χ1) is 9.90. The van der Waals surface area contributed by atoms with E-state index in [1.165, 1.54) is 36.4 Å². The zero-order chi connectivity index (χ0) is 15.6. The number of carboxylic acids is 1. The molecule has 0 saturated heterocycles. The van der Waals surface area contributed by atoms with E-state index in [2.05, 4.69) is 0 Å². The first-order valence-corrected chi connectivity index (χ1v) is 6.29. The number of carbonyl (C=O) groups is 1. The number of nitrogens with zero attached hydrogens (tertiary/aromatic N) is 1. The molecular formula is C13H7Cl2NO5. The normalized spacial score (nSPS) is 10.2. The summed E-state index contributed by atoms with van der Waals surface area (Å²) in [7, 11) is 0. The highest BCUT2D eigenvalue weighted by atomic mass is 35.5. The Labute approximate surface area is 128 Å². The van der Waals surface area contributed by atoms with Crippen LogP contribution in [0.15, 0.2) is 36.4 Å². The summed E-state index contributed by atoms with van der Waals surface area (Å²) in [6, 6.07) is 8.11. The molecule has 0 amide bonds. The number of ether oxygens (including phenoxy) is 1. The summed E-state index contributed by atoms with van der Waals surface area (Å²) in [6.07, 6.45) is 0. The van der Waals surface area contributed by atoms with Gasteiger partial charge >= 0.3 is 11.7 Å². The fraction of sp³-hybridized carbons (Fsp3) is 0. The van der Waals surface area contributed by atoms with E-state index >= 15 is 0 Å². The molecule has 1 N–H and O–H groups in total. The van der Waals surface area contributed by atoms with Crippen molar-refractivity contribution in [3.05, 3.63) is 62.1 Å². The fourth-order valence-corrected chi connectivity index (χ4v) is 2.05. The zero-order valence-electron chi connectivity index (χ0n) is 10.2. The van der Waals surface area contributed by atoms with Gasteiger partial charge in [0.25, 0.3) is 0 Å². The smallest absolute Gasteiger partial charge is 0.337 e. The van der Waals surface area contributed by atoms with E-state index < -0.39 is 16.6 Å². The maximum Gasteiger partial charge on any atom is 0.337 e. The third-order valence-corrected chi connectivity index (χ3v) is 3.16. The van der Waals surface area contributed by atoms with Crippen LogP contribution in [0.2, 0.25) is 10.0 Å². The molecule has 0 bridgehead atoms. The molecule has 2 rings (SSSR count). The third kappa shape index (κ3) is 3.24. The predicted octanol–water partition coefficient (Wildman–Crippen LogP) is 4.39. The largest absolute Gasteiger partial charge is 0.478 e. The number of nitro groups is 1. The summed E-state index contributed by atoms with van der Waals surface area (Å²) >= 11 is 11.5. The lowest BCUT2D eigenvalue weighted by atomic mass is 10.2. The van der Waals surface area contributed by atoms with Crippen molar-refractivity contribution in [2.75, 3.05) is 0 Å². The van der Waals surface area contributed by atoms with Crippen molar-refractivity contribution in [3.63, 3.8) is 0 Å². The molecule has 21 heavy (non-hydrogen) atoms. The molecule has 0 radical (unpaired) electrons. The average Bonchev–Trinajstić information content (AvgIpc) is 2.40. The van der Waals surface area contributed by atoms with Crippen LogP contribution in [0.4, 0.5) is 5.69 Å². The topological polar surface area (TPSA) is 89.7 Å². The van der Waals surface area contributed by atoms with Gasteiger partial charge in [-0.25, -0.2) is 4.79 Å². The molecule has 2 aromatic rings. The SMILES string of the molecule is O=C(O)c1cc(Oc2cccc(Cl)c2[N+](=O)[O-])ccc1Cl. The predicted molar refractivity (Wildman–Crippen MR) is 76.6 cm³/mol. The van der Waals surface area contributed by atoms with Crippen LogP contribution >= 0.6 is 23.2 Å². The Morgan fingerprint density at radius 1 is 1.19 bits per heavy atom. The molecule has 0 aromatic heterocycles. The first-order valence-electron chi connectivity index (χ1n) is 5.53. The van der Waals surface area contributed by atoms with Crippen LogP contribution in [-0.4, -0.2) is 16.0 Å². The number of hydrogen-bond donors (Lipinski definition) is 1. The van der Waals surface area contributed by atoms with Gasteiger partial charge in [-0.2, -0.15) is 0 Å². The van der Waals surface area contributed by atoms with E-state index in [9.17, 15) is 14.9 Å². The van der Waals surface area contributed by atoms with Crippen molar-refractivity contribution in [1.29, 1.82) is 0 Å². The van der Waals surface area contributed by atoms with Gasteiger partial charge in [-0.3, -0.25) is 10.1 Å². The molecule has 8 heteroatoms. The number of rotatable bonds is 4. The molecule has 2 aromatic carbocycles. The number of aromatic carboxylic acids is 1. The summed E-state index contributed by atoms with van der Waals surface area (Å²) in [4.78, 5) is 21.3. The Kier molecular flexibility index (Phi) is 4.30. The standard InChI is InChI=1S/C13H7Cl2NO5/c14-9-5-4-7(6-8(9)13(17)18)21-11-3-1-2-10(15)12(11)16(19)20/h1-6H,(H,17,18). The lowest BCUT2D eigenvalue weighted by Gasteiger charge is -2.08. The highest BCUT2D eigenvalue weighted by Gasteiger charge is 2.21. The van der Waals surface area contributed by atoms with E-state index in [1.54, 1.807) is 0 Å². The third-order valence-electron chi connectivity index (χ3n) is 2.53. The Hall–Kier alpha value is -2.31. The number of carboxylic acid groups (broad SMARTS) is 1. The molecule has 6 nitrogen and oxygen atoms in total. The van der Waals surface area contributed by atoms with Crippen molar-refractivity contribution < 1.29 is 19.6 Å². The number of para-hydroxylation sites is 1. The fourth-order valence-electron chi connectivity index (χ4n) is 1.61. The molecule has 0 aliphatic carbocycles. The number of halogens is 2. The van der Waals surface area contributed by atoms with E-state index in [1.807, 2.05) is 0 Å². The molecular weight excluding hydrogens is 321 g/mol. The maximum atomic E-state index is 11.0. The van der Waals surface area contributed by atoms with Crippen molar-refractivity contribution >= 4 is 34.9 Å². The molecule has 0 unspecified atom stereocenters. The van der Waals surface area contributed by atoms with Crippen molar-refractivity contribution in [3.8, 4) is 11.5 Å². The van der Waals surface area contributed by atoms with Crippen molar-refractivity contribution in [2.45, 2.75) is 0 Å². The van der Waals surface area contributed by atoms with Gasteiger partial charge in [0.05, 0.1) is 15.5 Å². The summed E-state index contributed by atoms with van der Waals surface area (Å²) in [5, 5.41) is 19.9. The van der Waals surface area contributed by atoms with Gasteiger partial charge in [0.2, 0.25) is 5.75 Å². The minimum Gasteiger partial charge on any atom is -0.478 e. The van der Waals surface area contributed by atoms with Crippen LogP contribution < -0.4 is 4.74 Å². The second kappa shape index (κ2) is 5.99. The Balaban J connectivity index is 2.44. The summed E-state index contributed by atoms with van der Waals surface area (Å²) < 4.78 is 5.35. The summed E-state index contributed by atoms with van der Waals surface area (Å²) in [6.45, 7) is 0. The van der Waals surface area contributed by atoms with E-state index in [4.69, 9.17) is 33.0 Å². The van der Waals surface area contributed by atoms with Crippen LogP contribution in [0.5, 0.6) is 11.5 Å². The second-order valence-electron chi connectivity index (χ2n) is 3.89. The van der Waals surface area contributed by atoms with E-state index in [0.29, 0.717) is 0 Å². The molecule has 0 aliphatic heterocycles. The van der Waals surface area contributed by atoms with E-state index in [0.717, 1.165) is 0 Å². The van der Waals surface area contributed by atoms with Gasteiger partial charge < -0.3 is 9.84 Å². The zero-order valence-corrected chi connectivity index (χ0v) is 11.8. The van der Waals surface area contributed by atoms with Crippen molar-refractivity contribution in [1.82, 2.24) is 0 Å². The molecule has 0 fully saturated rings. The summed E-state index contributed by atoms with van der Waals surface area (Å²) in [5.41, 5.74) is -0.565. The van der Waals surface area contributed by atoms with Gasteiger partial charge in [0.1, 0.15) is 10.8 Å². The average molecular weight is 328 g/mol. The van der Waals surface area contributed by atoms with Gasteiger partial charge in [-0.1, -0.05) is 29.3 Å². The quantitative estimate of drug-likeness (QED) is 0.664. The lowest BCUT2D eigenvalue weighted by molar-refractivity contribution is -0.385. The van der Waals surface area contributed by atoms with Crippen LogP contribution in [0.3, 0.4) is 0 Å². The maximum absolute atomic E-state index is 11.0. The molecule has 0 saturated carbocycles. The molecule has 0 heterocycles. The summed E-state index contributed by atoms with van der Waals surface area (Å²) in [5.74, 6) is -1.22. The van der Waals surface area contributed by atoms with Crippen LogP contribution in [0, 0.1) is 10.1 Å². The minimum absolute atomic E-state index is 0.0374. The van der Waals surface area contributed by atoms with Crippen molar-refractivity contribution in [2.24, 2.45) is 0 Å². The number of benzene rings is 2. The van der Waals surface area contributed by atoms with Crippen LogP contribution in [0.25, 0.3) is 0 Å². The number of hydrogen-bond acceptors (Lipinski definition) is 4. The lowest BCUT2D eigenvalue weighted by Crippen LogP contribution is -1.99. The molecule has 108 valence electrons. The monoisotopic (exact) mass is 327 g/mol. The van der Waals surface area contributed by atoms with Gasteiger partial charge in [0, 0.05) is 0 Å². The highest BCUT2D eigenvalue weighted by Crippen LogP contribution is 2.37. The Bertz CT molecular complexity index is 732. The van der Waals surface area contributed by atoms with Gasteiger partial charge in [-0.15, -0.1) is 0 Å². The highest BCUT2D eigenvalue weighted by molar-refractivity contribution is 6.33. The van der Waals surface area contributed by atoms with E-state index in [-0.39, 0.29) is 27.1 Å². The minimum atomic E-state index is -1.23.